The number of halogens is 2. The lowest BCUT2D eigenvalue weighted by atomic mass is 10.2. The highest BCUT2D eigenvalue weighted by Crippen LogP contribution is 2.28. The summed E-state index contributed by atoms with van der Waals surface area (Å²) in [6.07, 6.45) is 0. The van der Waals surface area contributed by atoms with Gasteiger partial charge in [-0.15, -0.1) is 0 Å². The largest absolute Gasteiger partial charge is 0.381 e. The molecule has 7 heteroatoms. The Bertz CT molecular complexity index is 623. The number of aromatic nitrogens is 3. The van der Waals surface area contributed by atoms with Crippen molar-refractivity contribution >= 4 is 17.6 Å². The Balaban J connectivity index is 2.39. The molecule has 2 aromatic rings. The molecule has 0 aliphatic heterocycles. The third kappa shape index (κ3) is 2.81. The third-order valence-corrected chi connectivity index (χ3v) is 3.57. The number of hydrogen-bond acceptors (Lipinski definition) is 5. The molecule has 0 spiro atoms. The smallest absolute Gasteiger partial charge is 0.194 e. The molecule has 0 aliphatic rings. The van der Waals surface area contributed by atoms with E-state index in [1.165, 1.54) is 0 Å². The molecule has 19 heavy (non-hydrogen) atoms. The normalized spacial score (nSPS) is 10.8. The van der Waals surface area contributed by atoms with Crippen molar-refractivity contribution in [3.8, 4) is 0 Å². The Morgan fingerprint density at radius 1 is 1.00 bits per heavy atom. The average molecular weight is 282 g/mol. The number of hydrogen-bond donors (Lipinski definition) is 1. The topological polar surface area (TPSA) is 64.7 Å². The molecule has 2 aromatic heterocycles. The minimum absolute atomic E-state index is 0.0402. The molecule has 2 N–H and O–H groups in total. The van der Waals surface area contributed by atoms with Gasteiger partial charge in [0.05, 0.1) is 0 Å². The van der Waals surface area contributed by atoms with E-state index in [-0.39, 0.29) is 10.8 Å². The Labute approximate surface area is 113 Å². The lowest BCUT2D eigenvalue weighted by molar-refractivity contribution is 0.552. The van der Waals surface area contributed by atoms with Crippen LogP contribution in [0.4, 0.5) is 14.6 Å². The number of aryl methyl sites for hydroxylation is 2. The van der Waals surface area contributed by atoms with E-state index in [0.29, 0.717) is 11.2 Å². The average Bonchev–Trinajstić information content (AvgIpc) is 2.33. The first-order chi connectivity index (χ1) is 8.88. The van der Waals surface area contributed by atoms with Crippen LogP contribution in [0.3, 0.4) is 0 Å². The highest BCUT2D eigenvalue weighted by atomic mass is 32.2. The Morgan fingerprint density at radius 3 is 2.16 bits per heavy atom. The highest BCUT2D eigenvalue weighted by Gasteiger charge is 2.14. The maximum absolute atomic E-state index is 13.6. The van der Waals surface area contributed by atoms with Crippen molar-refractivity contribution < 1.29 is 8.78 Å². The van der Waals surface area contributed by atoms with Crippen LogP contribution in [0.25, 0.3) is 0 Å². The fourth-order valence-corrected chi connectivity index (χ4v) is 2.25. The standard InChI is InChI=1S/C12H12F2N4S/c1-5-6(2)16-12(17-7(5)3)19-11-9(14)4-8(13)10(15)18-11/h4H,1-3H3,(H2,15,18). The van der Waals surface area contributed by atoms with Crippen LogP contribution in [0.1, 0.15) is 17.0 Å². The van der Waals surface area contributed by atoms with Crippen LogP contribution >= 0.6 is 11.8 Å². The van der Waals surface area contributed by atoms with Crippen LogP contribution in [0.2, 0.25) is 0 Å². The van der Waals surface area contributed by atoms with Crippen LogP contribution < -0.4 is 5.73 Å². The van der Waals surface area contributed by atoms with Crippen molar-refractivity contribution in [3.63, 3.8) is 0 Å². The molecule has 2 heterocycles. The van der Waals surface area contributed by atoms with Gasteiger partial charge in [0.15, 0.2) is 22.6 Å². The second-order valence-corrected chi connectivity index (χ2v) is 5.00. The van der Waals surface area contributed by atoms with Gasteiger partial charge in [-0.05, 0) is 38.1 Å². The summed E-state index contributed by atoms with van der Waals surface area (Å²) in [7, 11) is 0. The summed E-state index contributed by atoms with van der Waals surface area (Å²) in [6, 6.07) is 0.707. The first kappa shape index (κ1) is 13.7. The Hall–Kier alpha value is -1.76. The van der Waals surface area contributed by atoms with Gasteiger partial charge in [0.25, 0.3) is 0 Å². The first-order valence-corrected chi connectivity index (χ1v) is 6.31. The number of rotatable bonds is 2. The van der Waals surface area contributed by atoms with Crippen molar-refractivity contribution in [2.45, 2.75) is 31.0 Å². The zero-order valence-corrected chi connectivity index (χ0v) is 11.5. The number of nitrogens with two attached hydrogens (primary N) is 1. The summed E-state index contributed by atoms with van der Waals surface area (Å²) in [4.78, 5) is 12.1. The summed E-state index contributed by atoms with van der Waals surface area (Å²) in [6.45, 7) is 5.60. The van der Waals surface area contributed by atoms with Gasteiger partial charge in [-0.2, -0.15) is 0 Å². The molecule has 100 valence electrons. The van der Waals surface area contributed by atoms with E-state index in [1.54, 1.807) is 0 Å². The molecule has 0 saturated carbocycles. The number of nitrogens with zero attached hydrogens (tertiary/aromatic N) is 3. The maximum atomic E-state index is 13.6. The quantitative estimate of drug-likeness (QED) is 0.858. The monoisotopic (exact) mass is 282 g/mol. The van der Waals surface area contributed by atoms with Gasteiger partial charge in [0.2, 0.25) is 0 Å². The number of anilines is 1. The molecule has 0 saturated heterocycles. The second-order valence-electron chi connectivity index (χ2n) is 4.05. The lowest BCUT2D eigenvalue weighted by Gasteiger charge is -2.07. The van der Waals surface area contributed by atoms with Crippen molar-refractivity contribution in [1.82, 2.24) is 15.0 Å². The van der Waals surface area contributed by atoms with Crippen LogP contribution in [0.15, 0.2) is 16.2 Å². The summed E-state index contributed by atoms with van der Waals surface area (Å²) in [5.41, 5.74) is 7.92. The van der Waals surface area contributed by atoms with E-state index >= 15 is 0 Å². The molecular weight excluding hydrogens is 270 g/mol. The minimum atomic E-state index is -0.876. The van der Waals surface area contributed by atoms with Crippen molar-refractivity contribution in [1.29, 1.82) is 0 Å². The number of pyridine rings is 1. The first-order valence-electron chi connectivity index (χ1n) is 5.49. The zero-order valence-electron chi connectivity index (χ0n) is 10.7. The van der Waals surface area contributed by atoms with Gasteiger partial charge in [-0.25, -0.2) is 23.7 Å². The fraction of sp³-hybridized carbons (Fsp3) is 0.250. The predicted molar refractivity (Wildman–Crippen MR) is 68.9 cm³/mol. The van der Waals surface area contributed by atoms with E-state index in [0.717, 1.165) is 28.7 Å². The predicted octanol–water partition coefficient (Wildman–Crippen LogP) is 2.81. The molecule has 0 aromatic carbocycles. The molecule has 0 fully saturated rings. The SMILES string of the molecule is Cc1nc(Sc2nc(N)c(F)cc2F)nc(C)c1C. The maximum Gasteiger partial charge on any atom is 0.194 e. The summed E-state index contributed by atoms with van der Waals surface area (Å²) >= 11 is 0.919. The Kier molecular flexibility index (Phi) is 3.66. The molecule has 0 amide bonds. The molecule has 0 aliphatic carbocycles. The van der Waals surface area contributed by atoms with Gasteiger partial charge in [-0.1, -0.05) is 0 Å². The van der Waals surface area contributed by atoms with E-state index in [9.17, 15) is 8.78 Å². The van der Waals surface area contributed by atoms with Gasteiger partial charge in [0.1, 0.15) is 5.03 Å². The molecule has 0 unspecified atom stereocenters. The van der Waals surface area contributed by atoms with Crippen molar-refractivity contribution in [3.05, 3.63) is 34.7 Å². The van der Waals surface area contributed by atoms with E-state index in [4.69, 9.17) is 5.73 Å². The van der Waals surface area contributed by atoms with Crippen LogP contribution in [-0.4, -0.2) is 15.0 Å². The second kappa shape index (κ2) is 5.08. The van der Waals surface area contributed by atoms with E-state index in [2.05, 4.69) is 15.0 Å². The molecule has 0 atom stereocenters. The van der Waals surface area contributed by atoms with Crippen LogP contribution in [-0.2, 0) is 0 Å². The lowest BCUT2D eigenvalue weighted by Crippen LogP contribution is -2.01. The summed E-state index contributed by atoms with van der Waals surface area (Å²) in [5, 5.41) is 0.319. The molecule has 0 radical (unpaired) electrons. The number of nitrogen functional groups attached to an aromatic ring is 1. The van der Waals surface area contributed by atoms with Crippen molar-refractivity contribution in [2.75, 3.05) is 5.73 Å². The summed E-state index contributed by atoms with van der Waals surface area (Å²) in [5.74, 6) is -2.00. The minimum Gasteiger partial charge on any atom is -0.381 e. The van der Waals surface area contributed by atoms with Gasteiger partial charge in [0, 0.05) is 17.5 Å². The van der Waals surface area contributed by atoms with Gasteiger partial charge >= 0.3 is 0 Å². The van der Waals surface area contributed by atoms with Crippen LogP contribution in [0.5, 0.6) is 0 Å². The molecule has 4 nitrogen and oxygen atoms in total. The van der Waals surface area contributed by atoms with E-state index in [1.807, 2.05) is 20.8 Å². The van der Waals surface area contributed by atoms with E-state index < -0.39 is 11.6 Å². The molecular formula is C12H12F2N4S. The Morgan fingerprint density at radius 2 is 1.58 bits per heavy atom. The molecule has 2 rings (SSSR count). The fourth-order valence-electron chi connectivity index (χ4n) is 1.41. The van der Waals surface area contributed by atoms with Crippen LogP contribution in [0, 0.1) is 32.4 Å². The van der Waals surface area contributed by atoms with Gasteiger partial charge in [-0.3, -0.25) is 0 Å². The summed E-state index contributed by atoms with van der Waals surface area (Å²) < 4.78 is 26.6. The highest BCUT2D eigenvalue weighted by molar-refractivity contribution is 7.99. The third-order valence-electron chi connectivity index (χ3n) is 2.72. The zero-order chi connectivity index (χ0) is 14.2. The van der Waals surface area contributed by atoms with Gasteiger partial charge < -0.3 is 5.73 Å². The molecule has 0 bridgehead atoms. The van der Waals surface area contributed by atoms with Crippen molar-refractivity contribution in [2.24, 2.45) is 0 Å².